The molecule has 0 aromatic heterocycles. The van der Waals surface area contributed by atoms with E-state index < -0.39 is 14.8 Å². The zero-order chi connectivity index (χ0) is 15.2. The maximum atomic E-state index is 9.89. The molecule has 0 aliphatic rings. The molecule has 0 bridgehead atoms. The van der Waals surface area contributed by atoms with Gasteiger partial charge in [-0.15, -0.1) is 0 Å². The van der Waals surface area contributed by atoms with Gasteiger partial charge in [0, 0.05) is 0 Å². The molecule has 0 atom stereocenters. The number of rotatable bonds is 10. The van der Waals surface area contributed by atoms with Crippen molar-refractivity contribution in [3.8, 4) is 0 Å². The van der Waals surface area contributed by atoms with Gasteiger partial charge in [-0.05, 0) is 13.0 Å². The van der Waals surface area contributed by atoms with Crippen LogP contribution in [0.1, 0.15) is 71.1 Å². The Balaban J connectivity index is 0. The van der Waals surface area contributed by atoms with Gasteiger partial charge in [0.05, 0.1) is 0 Å². The second kappa shape index (κ2) is 12.0. The minimum absolute atomic E-state index is 0.872. The van der Waals surface area contributed by atoms with Crippen LogP contribution in [0.4, 0.5) is 17.3 Å². The molecule has 0 fully saturated rings. The molecule has 120 valence electrons. The summed E-state index contributed by atoms with van der Waals surface area (Å²) in [6.45, 7) is 3.14. The molecular formula is C12H27AsF5N. The Kier molecular flexibility index (Phi) is 13.5. The Bertz CT molecular complexity index is 167. The zero-order valence-electron chi connectivity index (χ0n) is 11.7. The van der Waals surface area contributed by atoms with Crippen molar-refractivity contribution in [2.75, 3.05) is 6.54 Å². The summed E-state index contributed by atoms with van der Waals surface area (Å²) in [7, 11) is 0. The molecule has 0 heterocycles. The fraction of sp³-hybridized carbons (Fsp3) is 1.00. The molecule has 0 aromatic carbocycles. The third kappa shape index (κ3) is 45.9. The van der Waals surface area contributed by atoms with Gasteiger partial charge >= 0.3 is 32.1 Å². The van der Waals surface area contributed by atoms with Crippen molar-refractivity contribution < 1.29 is 17.3 Å². The predicted molar refractivity (Wildman–Crippen MR) is 72.2 cm³/mol. The normalized spacial score (nSPS) is 13.3. The third-order valence-electron chi connectivity index (χ3n) is 2.56. The molecule has 1 nitrogen and oxygen atoms in total. The molecule has 0 saturated carbocycles. The van der Waals surface area contributed by atoms with Crippen LogP contribution in [-0.4, -0.2) is 21.3 Å². The van der Waals surface area contributed by atoms with Crippen LogP contribution in [0.5, 0.6) is 0 Å². The first-order chi connectivity index (χ1) is 8.65. The summed E-state index contributed by atoms with van der Waals surface area (Å²) >= 11 is -8.99. The average Bonchev–Trinajstić information content (AvgIpc) is 2.24. The Hall–Kier alpha value is 0.168. The number of halogens is 5. The maximum absolute atomic E-state index is 9.89. The van der Waals surface area contributed by atoms with Crippen molar-refractivity contribution in [3.63, 3.8) is 0 Å². The number of nitrogens with two attached hydrogens (primary N) is 1. The fourth-order valence-corrected chi connectivity index (χ4v) is 1.63. The summed E-state index contributed by atoms with van der Waals surface area (Å²) in [5.74, 6) is 0. The monoisotopic (exact) mass is 355 g/mol. The molecule has 0 spiro atoms. The van der Waals surface area contributed by atoms with E-state index in [0.717, 1.165) is 6.54 Å². The molecule has 7 heteroatoms. The molecule has 0 radical (unpaired) electrons. The molecule has 2 N–H and O–H groups in total. The summed E-state index contributed by atoms with van der Waals surface area (Å²) < 4.78 is 49.4. The summed E-state index contributed by atoms with van der Waals surface area (Å²) in [4.78, 5) is 0. The molecule has 0 amide bonds. The Morgan fingerprint density at radius 3 is 1.16 bits per heavy atom. The van der Waals surface area contributed by atoms with Gasteiger partial charge in [0.1, 0.15) is 0 Å². The van der Waals surface area contributed by atoms with Crippen molar-refractivity contribution >= 4 is 14.8 Å². The first kappa shape index (κ1) is 21.5. The summed E-state index contributed by atoms with van der Waals surface area (Å²) in [6.07, 6.45) is 13.9. The topological polar surface area (TPSA) is 26.0 Å². The first-order valence-electron chi connectivity index (χ1n) is 6.96. The second-order valence-electron chi connectivity index (χ2n) is 4.61. The minimum atomic E-state index is -8.99. The Morgan fingerprint density at radius 2 is 0.895 bits per heavy atom. The quantitative estimate of drug-likeness (QED) is 0.309. The van der Waals surface area contributed by atoms with Gasteiger partial charge in [-0.2, -0.15) is 0 Å². The van der Waals surface area contributed by atoms with Crippen LogP contribution < -0.4 is 5.73 Å². The van der Waals surface area contributed by atoms with Gasteiger partial charge in [-0.25, -0.2) is 0 Å². The van der Waals surface area contributed by atoms with Crippen LogP contribution in [-0.2, 0) is 0 Å². The van der Waals surface area contributed by atoms with Crippen molar-refractivity contribution in [2.24, 2.45) is 5.73 Å². The van der Waals surface area contributed by atoms with Gasteiger partial charge in [0.2, 0.25) is 0 Å². The fourth-order valence-electron chi connectivity index (χ4n) is 1.63. The van der Waals surface area contributed by atoms with Crippen molar-refractivity contribution in [3.05, 3.63) is 0 Å². The summed E-state index contributed by atoms with van der Waals surface area (Å²) in [5, 5.41) is 0. The predicted octanol–water partition coefficient (Wildman–Crippen LogP) is 5.59. The second-order valence-corrected chi connectivity index (χ2v) is 7.29. The molecule has 19 heavy (non-hydrogen) atoms. The molecule has 0 aliphatic carbocycles. The van der Waals surface area contributed by atoms with E-state index in [1.54, 1.807) is 0 Å². The van der Waals surface area contributed by atoms with Crippen LogP contribution in [0.25, 0.3) is 0 Å². The number of hydrogen-bond acceptors (Lipinski definition) is 1. The van der Waals surface area contributed by atoms with E-state index >= 15 is 0 Å². The van der Waals surface area contributed by atoms with Crippen LogP contribution >= 0.6 is 0 Å². The average molecular weight is 355 g/mol. The Labute approximate surface area is 116 Å². The van der Waals surface area contributed by atoms with Gasteiger partial charge in [0.15, 0.2) is 0 Å². The summed E-state index contributed by atoms with van der Waals surface area (Å²) in [6, 6.07) is 0. The zero-order valence-corrected chi connectivity index (χ0v) is 13.6. The van der Waals surface area contributed by atoms with Gasteiger partial charge in [0.25, 0.3) is 0 Å². The van der Waals surface area contributed by atoms with Crippen molar-refractivity contribution in [2.45, 2.75) is 71.1 Å². The van der Waals surface area contributed by atoms with Crippen LogP contribution in [0.3, 0.4) is 0 Å². The molecule has 0 aromatic rings. The van der Waals surface area contributed by atoms with Gasteiger partial charge in [-0.1, -0.05) is 64.7 Å². The standard InChI is InChI=1S/C12H27N.AsF5/c1-2-3-4-5-6-7-8-9-10-11-12-13;2-1(3,4,5)6/h2-13H2,1H3;. The SMILES string of the molecule is CCCCCCCCCCCCN.F[As](F)(F)(F)F. The summed E-state index contributed by atoms with van der Waals surface area (Å²) in [5.41, 5.74) is 5.42. The van der Waals surface area contributed by atoms with Crippen LogP contribution in [0.15, 0.2) is 0 Å². The first-order valence-corrected chi connectivity index (χ1v) is 10.5. The van der Waals surface area contributed by atoms with Crippen molar-refractivity contribution in [1.29, 1.82) is 0 Å². The van der Waals surface area contributed by atoms with E-state index in [2.05, 4.69) is 6.92 Å². The molecule has 0 rings (SSSR count). The molecule has 0 saturated heterocycles. The molecule has 0 unspecified atom stereocenters. The van der Waals surface area contributed by atoms with E-state index in [-0.39, 0.29) is 0 Å². The molecule has 0 aliphatic heterocycles. The van der Waals surface area contributed by atoms with Crippen LogP contribution in [0, 0.1) is 0 Å². The Morgan fingerprint density at radius 1 is 0.632 bits per heavy atom. The van der Waals surface area contributed by atoms with E-state index in [9.17, 15) is 17.3 Å². The van der Waals surface area contributed by atoms with Gasteiger partial charge in [-0.3, -0.25) is 0 Å². The van der Waals surface area contributed by atoms with E-state index in [0.29, 0.717) is 0 Å². The van der Waals surface area contributed by atoms with Gasteiger partial charge < -0.3 is 5.73 Å². The third-order valence-corrected chi connectivity index (χ3v) is 2.56. The molecular weight excluding hydrogens is 328 g/mol. The number of unbranched alkanes of at least 4 members (excludes halogenated alkanes) is 9. The van der Waals surface area contributed by atoms with Crippen molar-refractivity contribution in [1.82, 2.24) is 0 Å². The van der Waals surface area contributed by atoms with E-state index in [4.69, 9.17) is 5.73 Å². The van der Waals surface area contributed by atoms with E-state index in [1.807, 2.05) is 0 Å². The van der Waals surface area contributed by atoms with Crippen LogP contribution in [0.2, 0.25) is 0 Å². The number of hydrogen-bond donors (Lipinski definition) is 1. The van der Waals surface area contributed by atoms with E-state index in [1.165, 1.54) is 64.2 Å².